The highest BCUT2D eigenvalue weighted by Gasteiger charge is 2.21. The summed E-state index contributed by atoms with van der Waals surface area (Å²) in [6.45, 7) is 11.3. The van der Waals surface area contributed by atoms with Gasteiger partial charge in [-0.05, 0) is 57.7 Å². The quantitative estimate of drug-likeness (QED) is 0.745. The number of carbonyl (C=O) groups excluding carboxylic acids is 2. The van der Waals surface area contributed by atoms with Crippen LogP contribution in [0.1, 0.15) is 67.8 Å². The van der Waals surface area contributed by atoms with Gasteiger partial charge in [-0.1, -0.05) is 19.9 Å². The molecule has 0 fully saturated rings. The van der Waals surface area contributed by atoms with Crippen molar-refractivity contribution in [1.82, 2.24) is 0 Å². The number of carbonyl (C=O) groups is 2. The normalized spacial score (nSPS) is 11.1. The predicted octanol–water partition coefficient (Wildman–Crippen LogP) is 4.02. The van der Waals surface area contributed by atoms with Gasteiger partial charge in [-0.15, -0.1) is 0 Å². The van der Waals surface area contributed by atoms with E-state index in [1.54, 1.807) is 39.8 Å². The number of rotatable bonds is 6. The number of hydrogen-bond donors (Lipinski definition) is 0. The third-order valence-electron chi connectivity index (χ3n) is 2.85. The van der Waals surface area contributed by atoms with Gasteiger partial charge >= 0.3 is 11.9 Å². The van der Waals surface area contributed by atoms with Crippen LogP contribution in [-0.4, -0.2) is 24.1 Å². The van der Waals surface area contributed by atoms with Crippen LogP contribution in [0.3, 0.4) is 0 Å². The first-order valence-electron chi connectivity index (χ1n) is 7.75. The smallest absolute Gasteiger partial charge is 0.339 e. The average Bonchev–Trinajstić information content (AvgIpc) is 2.36. The fourth-order valence-corrected chi connectivity index (χ4v) is 2.09. The lowest BCUT2D eigenvalue weighted by molar-refractivity contribution is 0.0328. The molecule has 0 unspecified atom stereocenters. The van der Waals surface area contributed by atoms with Crippen LogP contribution in [-0.2, 0) is 15.9 Å². The van der Waals surface area contributed by atoms with Gasteiger partial charge in [0.05, 0.1) is 23.3 Å². The van der Waals surface area contributed by atoms with Crippen LogP contribution in [0.2, 0.25) is 0 Å². The molecule has 1 aromatic rings. The Bertz CT molecular complexity index is 530. The van der Waals surface area contributed by atoms with E-state index in [2.05, 4.69) is 13.8 Å². The van der Waals surface area contributed by atoms with E-state index < -0.39 is 11.9 Å². The molecule has 1 aromatic carbocycles. The van der Waals surface area contributed by atoms with Gasteiger partial charge in [0.25, 0.3) is 0 Å². The summed E-state index contributed by atoms with van der Waals surface area (Å²) in [5.41, 5.74) is 1.54. The zero-order chi connectivity index (χ0) is 16.9. The monoisotopic (exact) mass is 306 g/mol. The largest absolute Gasteiger partial charge is 0.459 e. The lowest BCUT2D eigenvalue weighted by Gasteiger charge is -2.15. The number of benzene rings is 1. The molecule has 4 nitrogen and oxygen atoms in total. The maximum absolute atomic E-state index is 12.3. The van der Waals surface area contributed by atoms with E-state index in [1.807, 2.05) is 6.07 Å². The first-order valence-corrected chi connectivity index (χ1v) is 7.75. The molecule has 0 spiro atoms. The van der Waals surface area contributed by atoms with Crippen molar-refractivity contribution >= 4 is 11.9 Å². The van der Waals surface area contributed by atoms with E-state index in [0.717, 1.165) is 12.0 Å². The molecule has 1 rings (SSSR count). The molecule has 0 aliphatic heterocycles. The minimum Gasteiger partial charge on any atom is -0.459 e. The van der Waals surface area contributed by atoms with Gasteiger partial charge in [-0.3, -0.25) is 0 Å². The van der Waals surface area contributed by atoms with E-state index in [4.69, 9.17) is 9.47 Å². The van der Waals surface area contributed by atoms with Crippen LogP contribution in [0.5, 0.6) is 0 Å². The molecule has 0 atom stereocenters. The number of ether oxygens (including phenoxy) is 2. The SMILES string of the molecule is CC(C)Cc1ccc(C(=O)OC(C)C)c(C(=O)OC(C)C)c1. The highest BCUT2D eigenvalue weighted by molar-refractivity contribution is 6.03. The molecule has 122 valence electrons. The maximum atomic E-state index is 12.3. The first-order chi connectivity index (χ1) is 10.2. The highest BCUT2D eigenvalue weighted by atomic mass is 16.5. The minimum atomic E-state index is -0.498. The molecule has 4 heteroatoms. The van der Waals surface area contributed by atoms with Crippen LogP contribution < -0.4 is 0 Å². The van der Waals surface area contributed by atoms with Crippen molar-refractivity contribution in [2.45, 2.75) is 60.2 Å². The Labute approximate surface area is 132 Å². The second-order valence-electron chi connectivity index (χ2n) is 6.39. The fraction of sp³-hybridized carbons (Fsp3) is 0.556. The Morgan fingerprint density at radius 1 is 0.864 bits per heavy atom. The average molecular weight is 306 g/mol. The minimum absolute atomic E-state index is 0.239. The van der Waals surface area contributed by atoms with Crippen LogP contribution >= 0.6 is 0 Å². The van der Waals surface area contributed by atoms with Gasteiger partial charge in [0.15, 0.2) is 0 Å². The maximum Gasteiger partial charge on any atom is 0.339 e. The van der Waals surface area contributed by atoms with Crippen LogP contribution in [0, 0.1) is 5.92 Å². The topological polar surface area (TPSA) is 52.6 Å². The zero-order valence-corrected chi connectivity index (χ0v) is 14.3. The van der Waals surface area contributed by atoms with Crippen molar-refractivity contribution in [1.29, 1.82) is 0 Å². The third kappa shape index (κ3) is 5.51. The molecule has 0 N–H and O–H groups in total. The van der Waals surface area contributed by atoms with Crippen molar-refractivity contribution < 1.29 is 19.1 Å². The molecule has 0 aromatic heterocycles. The van der Waals surface area contributed by atoms with Gasteiger partial charge < -0.3 is 9.47 Å². The highest BCUT2D eigenvalue weighted by Crippen LogP contribution is 2.18. The lowest BCUT2D eigenvalue weighted by Crippen LogP contribution is -2.19. The fourth-order valence-electron chi connectivity index (χ4n) is 2.09. The van der Waals surface area contributed by atoms with Gasteiger partial charge in [0.2, 0.25) is 0 Å². The molecule has 0 aliphatic carbocycles. The molecule has 0 heterocycles. The second kappa shape index (κ2) is 7.97. The molecule has 0 saturated carbocycles. The molecule has 0 aliphatic rings. The van der Waals surface area contributed by atoms with Crippen LogP contribution in [0.25, 0.3) is 0 Å². The van der Waals surface area contributed by atoms with Gasteiger partial charge in [-0.2, -0.15) is 0 Å². The Morgan fingerprint density at radius 2 is 1.36 bits per heavy atom. The molecule has 0 bridgehead atoms. The van der Waals surface area contributed by atoms with Gasteiger partial charge in [0.1, 0.15) is 0 Å². The molecule has 0 amide bonds. The van der Waals surface area contributed by atoms with Gasteiger partial charge in [0, 0.05) is 0 Å². The Kier molecular flexibility index (Phi) is 6.60. The molecule has 0 saturated heterocycles. The van der Waals surface area contributed by atoms with Crippen molar-refractivity contribution in [2.24, 2.45) is 5.92 Å². The molecular weight excluding hydrogens is 280 g/mol. The van der Waals surface area contributed by atoms with Crippen LogP contribution in [0.4, 0.5) is 0 Å². The van der Waals surface area contributed by atoms with E-state index in [1.165, 1.54) is 0 Å². The summed E-state index contributed by atoms with van der Waals surface area (Å²) in [5, 5.41) is 0. The summed E-state index contributed by atoms with van der Waals surface area (Å²) >= 11 is 0. The summed E-state index contributed by atoms with van der Waals surface area (Å²) < 4.78 is 10.5. The summed E-state index contributed by atoms with van der Waals surface area (Å²) in [6.07, 6.45) is 0.355. The molecule has 0 radical (unpaired) electrons. The number of esters is 2. The Morgan fingerprint density at radius 3 is 1.82 bits per heavy atom. The van der Waals surface area contributed by atoms with E-state index in [9.17, 15) is 9.59 Å². The van der Waals surface area contributed by atoms with E-state index >= 15 is 0 Å². The van der Waals surface area contributed by atoms with Crippen molar-refractivity contribution in [2.75, 3.05) is 0 Å². The second-order valence-corrected chi connectivity index (χ2v) is 6.39. The van der Waals surface area contributed by atoms with Crippen molar-refractivity contribution in [3.8, 4) is 0 Å². The summed E-state index contributed by atoms with van der Waals surface area (Å²) in [4.78, 5) is 24.4. The molecular formula is C18H26O4. The standard InChI is InChI=1S/C18H26O4/c1-11(2)9-14-7-8-15(17(19)21-12(3)4)16(10-14)18(20)22-13(5)6/h7-8,10-13H,9H2,1-6H3. The van der Waals surface area contributed by atoms with Gasteiger partial charge in [-0.25, -0.2) is 9.59 Å². The molecule has 22 heavy (non-hydrogen) atoms. The van der Waals surface area contributed by atoms with Crippen molar-refractivity contribution in [3.63, 3.8) is 0 Å². The van der Waals surface area contributed by atoms with Crippen molar-refractivity contribution in [3.05, 3.63) is 34.9 Å². The summed E-state index contributed by atoms with van der Waals surface area (Å²) in [6, 6.07) is 5.25. The van der Waals surface area contributed by atoms with Crippen LogP contribution in [0.15, 0.2) is 18.2 Å². The van der Waals surface area contributed by atoms with E-state index in [-0.39, 0.29) is 23.3 Å². The number of hydrogen-bond acceptors (Lipinski definition) is 4. The first kappa shape index (κ1) is 18.2. The van der Waals surface area contributed by atoms with E-state index in [0.29, 0.717) is 5.92 Å². The third-order valence-corrected chi connectivity index (χ3v) is 2.85. The Balaban J connectivity index is 3.18. The lowest BCUT2D eigenvalue weighted by atomic mass is 9.98. The summed E-state index contributed by atoms with van der Waals surface area (Å²) in [5.74, 6) is -0.527. The predicted molar refractivity (Wildman–Crippen MR) is 86.1 cm³/mol. The summed E-state index contributed by atoms with van der Waals surface area (Å²) in [7, 11) is 0. The zero-order valence-electron chi connectivity index (χ0n) is 14.3. The Hall–Kier alpha value is -1.84.